The van der Waals surface area contributed by atoms with Gasteiger partial charge in [0.2, 0.25) is 0 Å². The number of rotatable bonds is 6. The molecule has 0 saturated heterocycles. The molecule has 2 nitrogen and oxygen atoms in total. The first-order valence-corrected chi connectivity index (χ1v) is 3.76. The predicted molar refractivity (Wildman–Crippen MR) is 41.9 cm³/mol. The highest BCUT2D eigenvalue weighted by molar-refractivity contribution is 4.70. The van der Waals surface area contributed by atoms with Crippen LogP contribution in [0.25, 0.3) is 0 Å². The van der Waals surface area contributed by atoms with Crippen molar-refractivity contribution in [2.24, 2.45) is 0 Å². The number of allylic oxidation sites excluding steroid dienone is 1. The van der Waals surface area contributed by atoms with Crippen LogP contribution in [-0.4, -0.2) is 19.8 Å². The smallest absolute Gasteiger partial charge is 0.111 e. The lowest BCUT2D eigenvalue weighted by Gasteiger charge is -1.99. The van der Waals surface area contributed by atoms with Crippen molar-refractivity contribution in [2.45, 2.75) is 20.3 Å². The Morgan fingerprint density at radius 2 is 2.00 bits per heavy atom. The third-order valence-corrected chi connectivity index (χ3v) is 0.978. The summed E-state index contributed by atoms with van der Waals surface area (Å²) in [5.74, 6) is 0. The predicted octanol–water partition coefficient (Wildman–Crippen LogP) is 1.96. The van der Waals surface area contributed by atoms with Gasteiger partial charge in [0.1, 0.15) is 6.61 Å². The highest BCUT2D eigenvalue weighted by Gasteiger charge is 1.80. The Labute approximate surface area is 62.8 Å². The maximum Gasteiger partial charge on any atom is 0.111 e. The quantitative estimate of drug-likeness (QED) is 0.419. The van der Waals surface area contributed by atoms with Gasteiger partial charge >= 0.3 is 0 Å². The minimum absolute atomic E-state index is 0.657. The van der Waals surface area contributed by atoms with E-state index in [1.54, 1.807) is 6.26 Å². The van der Waals surface area contributed by atoms with Crippen molar-refractivity contribution < 1.29 is 9.47 Å². The Balaban J connectivity index is 2.83. The van der Waals surface area contributed by atoms with Crippen molar-refractivity contribution >= 4 is 0 Å². The Morgan fingerprint density at radius 1 is 1.20 bits per heavy atom. The van der Waals surface area contributed by atoms with Gasteiger partial charge in [0.25, 0.3) is 0 Å². The van der Waals surface area contributed by atoms with Gasteiger partial charge in [-0.05, 0) is 13.3 Å². The second-order valence-corrected chi connectivity index (χ2v) is 1.85. The molecule has 0 aromatic rings. The van der Waals surface area contributed by atoms with Gasteiger partial charge < -0.3 is 9.47 Å². The van der Waals surface area contributed by atoms with E-state index in [-0.39, 0.29) is 0 Å². The number of ether oxygens (including phenoxy) is 2. The molecule has 0 N–H and O–H groups in total. The van der Waals surface area contributed by atoms with E-state index in [0.717, 1.165) is 13.0 Å². The third-order valence-electron chi connectivity index (χ3n) is 0.978. The van der Waals surface area contributed by atoms with Crippen molar-refractivity contribution in [3.63, 3.8) is 0 Å². The summed E-state index contributed by atoms with van der Waals surface area (Å²) in [7, 11) is 0. The zero-order valence-electron chi connectivity index (χ0n) is 6.80. The zero-order valence-corrected chi connectivity index (χ0v) is 6.80. The van der Waals surface area contributed by atoms with Crippen molar-refractivity contribution in [3.05, 3.63) is 12.3 Å². The molecule has 0 bridgehead atoms. The normalized spacial score (nSPS) is 10.6. The SMILES string of the molecule is CCC=COCCOCC. The molecule has 0 aliphatic heterocycles. The largest absolute Gasteiger partial charge is 0.499 e. The van der Waals surface area contributed by atoms with Gasteiger partial charge in [0.15, 0.2) is 0 Å². The van der Waals surface area contributed by atoms with Crippen LogP contribution in [0.15, 0.2) is 12.3 Å². The first-order chi connectivity index (χ1) is 4.91. The van der Waals surface area contributed by atoms with E-state index in [9.17, 15) is 0 Å². The molecule has 2 heteroatoms. The van der Waals surface area contributed by atoms with Crippen molar-refractivity contribution in [1.29, 1.82) is 0 Å². The standard InChI is InChI=1S/C8H16O2/c1-3-5-6-10-8-7-9-4-2/h5-6H,3-4,7-8H2,1-2H3. The molecule has 0 radical (unpaired) electrons. The van der Waals surface area contributed by atoms with Crippen molar-refractivity contribution in [2.75, 3.05) is 19.8 Å². The first-order valence-electron chi connectivity index (χ1n) is 3.76. The van der Waals surface area contributed by atoms with Crippen LogP contribution in [0.1, 0.15) is 20.3 Å². The Hall–Kier alpha value is -0.500. The van der Waals surface area contributed by atoms with Crippen LogP contribution >= 0.6 is 0 Å². The Kier molecular flexibility index (Phi) is 8.07. The fourth-order valence-electron chi connectivity index (χ4n) is 0.484. The minimum atomic E-state index is 0.657. The molecule has 0 aromatic carbocycles. The van der Waals surface area contributed by atoms with E-state index < -0.39 is 0 Å². The average molecular weight is 144 g/mol. The first kappa shape index (κ1) is 9.50. The molecule has 0 atom stereocenters. The molecule has 0 aliphatic carbocycles. The van der Waals surface area contributed by atoms with Crippen molar-refractivity contribution in [3.8, 4) is 0 Å². The molecule has 0 amide bonds. The third kappa shape index (κ3) is 7.50. The van der Waals surface area contributed by atoms with Crippen LogP contribution in [-0.2, 0) is 9.47 Å². The average Bonchev–Trinajstić information content (AvgIpc) is 1.97. The fourth-order valence-corrected chi connectivity index (χ4v) is 0.484. The van der Waals surface area contributed by atoms with E-state index in [2.05, 4.69) is 6.92 Å². The Morgan fingerprint density at radius 3 is 2.60 bits per heavy atom. The second kappa shape index (κ2) is 8.50. The highest BCUT2D eigenvalue weighted by Crippen LogP contribution is 1.82. The van der Waals surface area contributed by atoms with Gasteiger partial charge in [-0.2, -0.15) is 0 Å². The monoisotopic (exact) mass is 144 g/mol. The van der Waals surface area contributed by atoms with Crippen LogP contribution in [0.4, 0.5) is 0 Å². The van der Waals surface area contributed by atoms with Crippen LogP contribution < -0.4 is 0 Å². The van der Waals surface area contributed by atoms with Crippen molar-refractivity contribution in [1.82, 2.24) is 0 Å². The molecule has 10 heavy (non-hydrogen) atoms. The zero-order chi connectivity index (χ0) is 7.66. The summed E-state index contributed by atoms with van der Waals surface area (Å²) in [5.41, 5.74) is 0. The van der Waals surface area contributed by atoms with Gasteiger partial charge in [0, 0.05) is 6.61 Å². The van der Waals surface area contributed by atoms with E-state index in [0.29, 0.717) is 13.2 Å². The molecular weight excluding hydrogens is 128 g/mol. The maximum atomic E-state index is 5.07. The summed E-state index contributed by atoms with van der Waals surface area (Å²) in [4.78, 5) is 0. The van der Waals surface area contributed by atoms with Gasteiger partial charge in [-0.3, -0.25) is 0 Å². The summed E-state index contributed by atoms with van der Waals surface area (Å²) in [6.45, 7) is 6.15. The molecule has 0 unspecified atom stereocenters. The maximum absolute atomic E-state index is 5.07. The molecule has 0 saturated carbocycles. The molecule has 0 heterocycles. The summed E-state index contributed by atoms with van der Waals surface area (Å²) in [6.07, 6.45) is 4.72. The molecule has 0 fully saturated rings. The Bertz CT molecular complexity index is 79.3. The van der Waals surface area contributed by atoms with E-state index in [4.69, 9.17) is 9.47 Å². The van der Waals surface area contributed by atoms with E-state index >= 15 is 0 Å². The van der Waals surface area contributed by atoms with E-state index in [1.165, 1.54) is 0 Å². The summed E-state index contributed by atoms with van der Waals surface area (Å²) in [5, 5.41) is 0. The van der Waals surface area contributed by atoms with Gasteiger partial charge in [0.05, 0.1) is 12.9 Å². The topological polar surface area (TPSA) is 18.5 Å². The lowest BCUT2D eigenvalue weighted by atomic mass is 10.5. The van der Waals surface area contributed by atoms with Gasteiger partial charge in [-0.25, -0.2) is 0 Å². The molecule has 0 aliphatic rings. The molecule has 0 spiro atoms. The molecule has 60 valence electrons. The number of hydrogen-bond donors (Lipinski definition) is 0. The van der Waals surface area contributed by atoms with Crippen LogP contribution in [0, 0.1) is 0 Å². The lowest BCUT2D eigenvalue weighted by molar-refractivity contribution is 0.0931. The molecular formula is C8H16O2. The summed E-state index contributed by atoms with van der Waals surface area (Å²) in [6, 6.07) is 0. The molecule has 0 rings (SSSR count). The second-order valence-electron chi connectivity index (χ2n) is 1.85. The van der Waals surface area contributed by atoms with Crippen LogP contribution in [0.5, 0.6) is 0 Å². The summed E-state index contributed by atoms with van der Waals surface area (Å²) >= 11 is 0. The summed E-state index contributed by atoms with van der Waals surface area (Å²) < 4.78 is 10.1. The van der Waals surface area contributed by atoms with E-state index in [1.807, 2.05) is 13.0 Å². The fraction of sp³-hybridized carbons (Fsp3) is 0.750. The van der Waals surface area contributed by atoms with Gasteiger partial charge in [-0.1, -0.05) is 13.0 Å². The minimum Gasteiger partial charge on any atom is -0.499 e. The number of hydrogen-bond acceptors (Lipinski definition) is 2. The highest BCUT2D eigenvalue weighted by atomic mass is 16.5. The lowest BCUT2D eigenvalue weighted by Crippen LogP contribution is -1.99. The molecule has 0 aromatic heterocycles. The van der Waals surface area contributed by atoms with Crippen LogP contribution in [0.3, 0.4) is 0 Å². The van der Waals surface area contributed by atoms with Gasteiger partial charge in [-0.15, -0.1) is 0 Å². The van der Waals surface area contributed by atoms with Crippen LogP contribution in [0.2, 0.25) is 0 Å².